The van der Waals surface area contributed by atoms with Crippen molar-refractivity contribution in [2.24, 2.45) is 5.73 Å². The van der Waals surface area contributed by atoms with Crippen molar-refractivity contribution in [2.75, 3.05) is 20.3 Å². The summed E-state index contributed by atoms with van der Waals surface area (Å²) in [5.41, 5.74) is 6.93. The molecule has 122 valence electrons. The maximum absolute atomic E-state index is 10.7. The minimum absolute atomic E-state index is 0.0229. The van der Waals surface area contributed by atoms with Crippen molar-refractivity contribution < 1.29 is 24.1 Å². The van der Waals surface area contributed by atoms with Gasteiger partial charge >= 0.3 is 5.97 Å². The molecule has 1 atom stereocenters. The van der Waals surface area contributed by atoms with E-state index in [-0.39, 0.29) is 12.5 Å². The first-order valence-electron chi connectivity index (χ1n) is 7.50. The monoisotopic (exact) mass is 309 g/mol. The molecule has 0 aliphatic carbocycles. The van der Waals surface area contributed by atoms with Gasteiger partial charge in [-0.15, -0.1) is 0 Å². The molecule has 1 aromatic carbocycles. The van der Waals surface area contributed by atoms with Gasteiger partial charge in [-0.05, 0) is 12.5 Å². The molecule has 6 nitrogen and oxygen atoms in total. The summed E-state index contributed by atoms with van der Waals surface area (Å²) < 4.78 is 16.8. The van der Waals surface area contributed by atoms with Gasteiger partial charge < -0.3 is 25.1 Å². The Labute approximate surface area is 130 Å². The first-order valence-corrected chi connectivity index (χ1v) is 7.50. The second kappa shape index (κ2) is 8.00. The minimum atomic E-state index is -0.856. The molecule has 0 amide bonds. The number of carbonyl (C=O) groups is 1. The van der Waals surface area contributed by atoms with Gasteiger partial charge in [0, 0.05) is 30.9 Å². The smallest absolute Gasteiger partial charge is 0.303 e. The predicted octanol–water partition coefficient (Wildman–Crippen LogP) is 2.12. The highest BCUT2D eigenvalue weighted by molar-refractivity contribution is 5.66. The average Bonchev–Trinajstić information content (AvgIpc) is 2.53. The second-order valence-corrected chi connectivity index (χ2v) is 5.35. The van der Waals surface area contributed by atoms with Crippen LogP contribution in [0.2, 0.25) is 0 Å². The van der Waals surface area contributed by atoms with Crippen molar-refractivity contribution in [2.45, 2.75) is 37.8 Å². The molecule has 0 saturated carbocycles. The Morgan fingerprint density at radius 1 is 1.45 bits per heavy atom. The molecular formula is C16H23NO5. The molecule has 1 aliphatic rings. The van der Waals surface area contributed by atoms with E-state index in [1.165, 1.54) is 0 Å². The number of benzene rings is 1. The molecule has 1 aliphatic heterocycles. The summed E-state index contributed by atoms with van der Waals surface area (Å²) in [5.74, 6) is 0.384. The van der Waals surface area contributed by atoms with Gasteiger partial charge in [-0.25, -0.2) is 0 Å². The molecular weight excluding hydrogens is 286 g/mol. The number of hydrogen-bond donors (Lipinski definition) is 2. The fourth-order valence-electron chi connectivity index (χ4n) is 2.51. The second-order valence-electron chi connectivity index (χ2n) is 5.35. The van der Waals surface area contributed by atoms with Gasteiger partial charge in [0.05, 0.1) is 20.3 Å². The highest BCUT2D eigenvalue weighted by Gasteiger charge is 2.22. The lowest BCUT2D eigenvalue weighted by Crippen LogP contribution is -2.27. The van der Waals surface area contributed by atoms with Crippen LogP contribution in [0.25, 0.3) is 0 Å². The molecule has 0 radical (unpaired) electrons. The molecule has 0 spiro atoms. The Bertz CT molecular complexity index is 499. The summed E-state index contributed by atoms with van der Waals surface area (Å²) in [6.45, 7) is 1.36. The average molecular weight is 309 g/mol. The van der Waals surface area contributed by atoms with Crippen molar-refractivity contribution in [1.29, 1.82) is 0 Å². The number of nitrogens with two attached hydrogens (primary N) is 1. The normalized spacial score (nSPS) is 17.0. The lowest BCUT2D eigenvalue weighted by Gasteiger charge is -2.26. The van der Waals surface area contributed by atoms with E-state index in [1.807, 2.05) is 18.2 Å². The van der Waals surface area contributed by atoms with Gasteiger partial charge in [-0.1, -0.05) is 12.1 Å². The Kier molecular flexibility index (Phi) is 6.03. The van der Waals surface area contributed by atoms with Gasteiger partial charge in [0.1, 0.15) is 6.10 Å². The topological polar surface area (TPSA) is 91.0 Å². The number of aliphatic carboxylic acids is 1. The molecule has 2 rings (SSSR count). The van der Waals surface area contributed by atoms with Gasteiger partial charge in [0.15, 0.2) is 11.5 Å². The third-order valence-electron chi connectivity index (χ3n) is 3.75. The Balaban J connectivity index is 2.18. The quantitative estimate of drug-likeness (QED) is 0.801. The minimum Gasteiger partial charge on any atom is -0.493 e. The van der Waals surface area contributed by atoms with Gasteiger partial charge in [-0.3, -0.25) is 4.79 Å². The summed E-state index contributed by atoms with van der Waals surface area (Å²) in [7, 11) is 1.58. The summed E-state index contributed by atoms with van der Waals surface area (Å²) in [4.78, 5) is 10.7. The van der Waals surface area contributed by atoms with Crippen molar-refractivity contribution >= 4 is 5.97 Å². The number of para-hydroxylation sites is 1. The summed E-state index contributed by atoms with van der Waals surface area (Å²) in [6, 6.07) is 5.12. The lowest BCUT2D eigenvalue weighted by molar-refractivity contribution is -0.137. The van der Waals surface area contributed by atoms with Crippen LogP contribution in [-0.2, 0) is 9.53 Å². The Morgan fingerprint density at radius 3 is 2.82 bits per heavy atom. The van der Waals surface area contributed by atoms with E-state index in [0.29, 0.717) is 31.1 Å². The van der Waals surface area contributed by atoms with Crippen LogP contribution in [0.5, 0.6) is 11.5 Å². The van der Waals surface area contributed by atoms with Gasteiger partial charge in [-0.2, -0.15) is 0 Å². The maximum Gasteiger partial charge on any atom is 0.303 e. The van der Waals surface area contributed by atoms with E-state index in [2.05, 4.69) is 0 Å². The summed E-state index contributed by atoms with van der Waals surface area (Å²) >= 11 is 0. The third kappa shape index (κ3) is 4.35. The Morgan fingerprint density at radius 2 is 2.18 bits per heavy atom. The largest absolute Gasteiger partial charge is 0.493 e. The van der Waals surface area contributed by atoms with Crippen LogP contribution in [0, 0.1) is 0 Å². The van der Waals surface area contributed by atoms with Crippen molar-refractivity contribution in [3.63, 3.8) is 0 Å². The van der Waals surface area contributed by atoms with Crippen LogP contribution in [-0.4, -0.2) is 37.5 Å². The van der Waals surface area contributed by atoms with Crippen molar-refractivity contribution in [1.82, 2.24) is 0 Å². The van der Waals surface area contributed by atoms with Crippen LogP contribution in [0.3, 0.4) is 0 Å². The summed E-state index contributed by atoms with van der Waals surface area (Å²) in [5, 5.41) is 8.82. The molecule has 1 aromatic rings. The third-order valence-corrected chi connectivity index (χ3v) is 3.75. The SMILES string of the molecule is COc1cccc(C(N)CCC(=O)O)c1OC1CCOCC1. The zero-order chi connectivity index (χ0) is 15.9. The molecule has 0 aromatic heterocycles. The fourth-order valence-corrected chi connectivity index (χ4v) is 2.51. The molecule has 1 fully saturated rings. The molecule has 1 heterocycles. The van der Waals surface area contributed by atoms with E-state index >= 15 is 0 Å². The summed E-state index contributed by atoms with van der Waals surface area (Å²) in [6.07, 6.45) is 2.08. The van der Waals surface area contributed by atoms with Crippen molar-refractivity contribution in [3.05, 3.63) is 23.8 Å². The standard InChI is InChI=1S/C16H23NO5/c1-20-14-4-2-3-12(13(17)5-6-15(18)19)16(14)22-11-7-9-21-10-8-11/h2-4,11,13H,5-10,17H2,1H3,(H,18,19). The number of carboxylic acids is 1. The zero-order valence-electron chi connectivity index (χ0n) is 12.8. The molecule has 1 saturated heterocycles. The van der Waals surface area contributed by atoms with Crippen LogP contribution >= 0.6 is 0 Å². The highest BCUT2D eigenvalue weighted by Crippen LogP contribution is 2.37. The van der Waals surface area contributed by atoms with E-state index in [9.17, 15) is 4.79 Å². The molecule has 1 unspecified atom stereocenters. The molecule has 6 heteroatoms. The molecule has 22 heavy (non-hydrogen) atoms. The van der Waals surface area contributed by atoms with Gasteiger partial charge in [0.2, 0.25) is 0 Å². The Hall–Kier alpha value is -1.79. The molecule has 3 N–H and O–H groups in total. The van der Waals surface area contributed by atoms with Crippen LogP contribution in [0.4, 0.5) is 0 Å². The molecule has 0 bridgehead atoms. The van der Waals surface area contributed by atoms with E-state index in [1.54, 1.807) is 7.11 Å². The predicted molar refractivity (Wildman–Crippen MR) is 81.3 cm³/mol. The van der Waals surface area contributed by atoms with E-state index in [0.717, 1.165) is 18.4 Å². The van der Waals surface area contributed by atoms with E-state index in [4.69, 9.17) is 25.1 Å². The number of rotatable bonds is 7. The van der Waals surface area contributed by atoms with Crippen LogP contribution in [0.15, 0.2) is 18.2 Å². The highest BCUT2D eigenvalue weighted by atomic mass is 16.5. The lowest BCUT2D eigenvalue weighted by atomic mass is 10.0. The zero-order valence-corrected chi connectivity index (χ0v) is 12.8. The first-order chi connectivity index (χ1) is 10.6. The van der Waals surface area contributed by atoms with Crippen molar-refractivity contribution in [3.8, 4) is 11.5 Å². The fraction of sp³-hybridized carbons (Fsp3) is 0.562. The number of methoxy groups -OCH3 is 1. The van der Waals surface area contributed by atoms with Crippen LogP contribution < -0.4 is 15.2 Å². The van der Waals surface area contributed by atoms with E-state index < -0.39 is 12.0 Å². The maximum atomic E-state index is 10.7. The van der Waals surface area contributed by atoms with Crippen LogP contribution in [0.1, 0.15) is 37.3 Å². The number of carboxylic acid groups (broad SMARTS) is 1. The first kappa shape index (κ1) is 16.6. The number of hydrogen-bond acceptors (Lipinski definition) is 5. The van der Waals surface area contributed by atoms with Gasteiger partial charge in [0.25, 0.3) is 0 Å². The number of ether oxygens (including phenoxy) is 3.